The Bertz CT molecular complexity index is 833. The zero-order valence-corrected chi connectivity index (χ0v) is 16.6. The van der Waals surface area contributed by atoms with Gasteiger partial charge in [-0.05, 0) is 60.5 Å². The van der Waals surface area contributed by atoms with Gasteiger partial charge in [0, 0.05) is 6.54 Å². The van der Waals surface area contributed by atoms with E-state index in [1.165, 1.54) is 18.4 Å². The molecule has 28 heavy (non-hydrogen) atoms. The SMILES string of the molecule is COc1cc2c(cc1OC)C(c1ccccc1)N(C(=O)CNCC1CC1)CC2. The molecule has 0 bridgehead atoms. The van der Waals surface area contributed by atoms with E-state index < -0.39 is 0 Å². The van der Waals surface area contributed by atoms with Crippen LogP contribution in [0.25, 0.3) is 0 Å². The van der Waals surface area contributed by atoms with Gasteiger partial charge < -0.3 is 19.7 Å². The molecule has 0 aromatic heterocycles. The molecule has 2 aromatic rings. The molecule has 2 aliphatic rings. The molecule has 5 nitrogen and oxygen atoms in total. The van der Waals surface area contributed by atoms with Gasteiger partial charge in [-0.3, -0.25) is 4.79 Å². The number of hydrogen-bond acceptors (Lipinski definition) is 4. The number of hydrogen-bond donors (Lipinski definition) is 1. The lowest BCUT2D eigenvalue weighted by Crippen LogP contribution is -2.44. The van der Waals surface area contributed by atoms with Crippen LogP contribution < -0.4 is 14.8 Å². The quantitative estimate of drug-likeness (QED) is 0.802. The highest BCUT2D eigenvalue weighted by molar-refractivity contribution is 5.80. The molecule has 1 aliphatic heterocycles. The van der Waals surface area contributed by atoms with Crippen molar-refractivity contribution < 1.29 is 14.3 Å². The summed E-state index contributed by atoms with van der Waals surface area (Å²) in [5.74, 6) is 2.34. The number of benzene rings is 2. The molecule has 1 N–H and O–H groups in total. The van der Waals surface area contributed by atoms with Gasteiger partial charge in [0.25, 0.3) is 0 Å². The van der Waals surface area contributed by atoms with Crippen molar-refractivity contribution in [1.82, 2.24) is 10.2 Å². The van der Waals surface area contributed by atoms with E-state index in [2.05, 4.69) is 23.5 Å². The number of ether oxygens (including phenoxy) is 2. The molecule has 4 rings (SSSR count). The maximum absolute atomic E-state index is 13.1. The van der Waals surface area contributed by atoms with Crippen LogP contribution in [0.3, 0.4) is 0 Å². The number of carbonyl (C=O) groups excluding carboxylic acids is 1. The monoisotopic (exact) mass is 380 g/mol. The van der Waals surface area contributed by atoms with Crippen LogP contribution in [0.2, 0.25) is 0 Å². The Labute approximate surface area is 166 Å². The van der Waals surface area contributed by atoms with Gasteiger partial charge in [0.2, 0.25) is 5.91 Å². The van der Waals surface area contributed by atoms with Gasteiger partial charge in [-0.25, -0.2) is 0 Å². The fourth-order valence-electron chi connectivity index (χ4n) is 4.02. The Morgan fingerprint density at radius 3 is 2.50 bits per heavy atom. The van der Waals surface area contributed by atoms with Crippen LogP contribution in [0.1, 0.15) is 35.6 Å². The predicted molar refractivity (Wildman–Crippen MR) is 109 cm³/mol. The molecule has 5 heteroatoms. The van der Waals surface area contributed by atoms with Gasteiger partial charge in [0.05, 0.1) is 26.8 Å². The number of methoxy groups -OCH3 is 2. The largest absolute Gasteiger partial charge is 0.493 e. The smallest absolute Gasteiger partial charge is 0.237 e. The third-order valence-electron chi connectivity index (χ3n) is 5.72. The minimum atomic E-state index is -0.111. The molecule has 148 valence electrons. The van der Waals surface area contributed by atoms with Crippen LogP contribution in [0, 0.1) is 5.92 Å². The molecule has 1 heterocycles. The van der Waals surface area contributed by atoms with E-state index in [4.69, 9.17) is 9.47 Å². The second kappa shape index (κ2) is 8.23. The van der Waals surface area contributed by atoms with Crippen molar-refractivity contribution in [3.8, 4) is 11.5 Å². The lowest BCUT2D eigenvalue weighted by molar-refractivity contribution is -0.132. The van der Waals surface area contributed by atoms with E-state index in [-0.39, 0.29) is 11.9 Å². The van der Waals surface area contributed by atoms with Gasteiger partial charge in [0.1, 0.15) is 0 Å². The highest BCUT2D eigenvalue weighted by atomic mass is 16.5. The van der Waals surface area contributed by atoms with Gasteiger partial charge in [0.15, 0.2) is 11.5 Å². The molecule has 1 unspecified atom stereocenters. The summed E-state index contributed by atoms with van der Waals surface area (Å²) in [6, 6.07) is 14.2. The molecule has 0 spiro atoms. The summed E-state index contributed by atoms with van der Waals surface area (Å²) < 4.78 is 11.0. The zero-order chi connectivity index (χ0) is 19.5. The minimum Gasteiger partial charge on any atom is -0.493 e. The first-order chi connectivity index (χ1) is 13.7. The van der Waals surface area contributed by atoms with Gasteiger partial charge in [-0.15, -0.1) is 0 Å². The van der Waals surface area contributed by atoms with E-state index >= 15 is 0 Å². The summed E-state index contributed by atoms with van der Waals surface area (Å²) in [5.41, 5.74) is 3.44. The van der Waals surface area contributed by atoms with Gasteiger partial charge >= 0.3 is 0 Å². The van der Waals surface area contributed by atoms with E-state index in [1.54, 1.807) is 14.2 Å². The van der Waals surface area contributed by atoms with Crippen LogP contribution in [0.4, 0.5) is 0 Å². The number of nitrogens with one attached hydrogen (secondary N) is 1. The topological polar surface area (TPSA) is 50.8 Å². The van der Waals surface area contributed by atoms with Crippen molar-refractivity contribution in [2.24, 2.45) is 5.92 Å². The average molecular weight is 380 g/mol. The van der Waals surface area contributed by atoms with E-state index in [0.29, 0.717) is 18.8 Å². The number of fused-ring (bicyclic) bond motifs is 1. The first kappa shape index (κ1) is 18.8. The van der Waals surface area contributed by atoms with Crippen molar-refractivity contribution in [2.75, 3.05) is 33.9 Å². The van der Waals surface area contributed by atoms with Crippen LogP contribution in [-0.2, 0) is 11.2 Å². The van der Waals surface area contributed by atoms with Crippen molar-refractivity contribution in [1.29, 1.82) is 0 Å². The van der Waals surface area contributed by atoms with Crippen LogP contribution in [0.15, 0.2) is 42.5 Å². The second-order valence-corrected chi connectivity index (χ2v) is 7.63. The van der Waals surface area contributed by atoms with Crippen molar-refractivity contribution in [3.05, 3.63) is 59.2 Å². The summed E-state index contributed by atoms with van der Waals surface area (Å²) in [6.07, 6.45) is 3.38. The molecular weight excluding hydrogens is 352 g/mol. The second-order valence-electron chi connectivity index (χ2n) is 7.63. The molecule has 2 aromatic carbocycles. The molecular formula is C23H28N2O3. The van der Waals surface area contributed by atoms with Crippen LogP contribution in [0.5, 0.6) is 11.5 Å². The molecule has 1 saturated carbocycles. The van der Waals surface area contributed by atoms with Crippen molar-refractivity contribution in [3.63, 3.8) is 0 Å². The molecule has 0 radical (unpaired) electrons. The number of rotatable bonds is 7. The average Bonchev–Trinajstić information content (AvgIpc) is 3.56. The molecule has 1 fully saturated rings. The lowest BCUT2D eigenvalue weighted by Gasteiger charge is -2.38. The summed E-state index contributed by atoms with van der Waals surface area (Å²) in [5, 5.41) is 3.35. The first-order valence-electron chi connectivity index (χ1n) is 10.0. The van der Waals surface area contributed by atoms with Gasteiger partial charge in [-0.1, -0.05) is 30.3 Å². The lowest BCUT2D eigenvalue weighted by atomic mass is 9.87. The maximum Gasteiger partial charge on any atom is 0.237 e. The number of amides is 1. The van der Waals surface area contributed by atoms with Crippen molar-refractivity contribution >= 4 is 5.91 Å². The Hall–Kier alpha value is -2.53. The fraction of sp³-hybridized carbons (Fsp3) is 0.435. The Balaban J connectivity index is 1.66. The van der Waals surface area contributed by atoms with E-state index in [1.807, 2.05) is 29.2 Å². The standard InChI is InChI=1S/C23H28N2O3/c1-27-20-12-18-10-11-25(22(26)15-24-14-16-8-9-16)23(17-6-4-3-5-7-17)19(18)13-21(20)28-2/h3-7,12-13,16,23-24H,8-11,14-15H2,1-2H3. The third-order valence-corrected chi connectivity index (χ3v) is 5.72. The summed E-state index contributed by atoms with van der Waals surface area (Å²) in [4.78, 5) is 15.1. The Kier molecular flexibility index (Phi) is 5.53. The van der Waals surface area contributed by atoms with Gasteiger partial charge in [-0.2, -0.15) is 0 Å². The molecule has 1 amide bonds. The van der Waals surface area contributed by atoms with Crippen molar-refractivity contribution in [2.45, 2.75) is 25.3 Å². The fourth-order valence-corrected chi connectivity index (χ4v) is 4.02. The van der Waals surface area contributed by atoms with E-state index in [9.17, 15) is 4.79 Å². The number of nitrogens with zero attached hydrogens (tertiary/aromatic N) is 1. The molecule has 1 atom stereocenters. The Morgan fingerprint density at radius 2 is 1.82 bits per heavy atom. The Morgan fingerprint density at radius 1 is 1.11 bits per heavy atom. The van der Waals surface area contributed by atoms with E-state index in [0.717, 1.165) is 35.8 Å². The maximum atomic E-state index is 13.1. The normalized spacial score (nSPS) is 18.5. The minimum absolute atomic E-state index is 0.111. The number of carbonyl (C=O) groups is 1. The first-order valence-corrected chi connectivity index (χ1v) is 10.0. The highest BCUT2D eigenvalue weighted by Gasteiger charge is 2.33. The van der Waals surface area contributed by atoms with Crippen LogP contribution in [-0.4, -0.2) is 44.7 Å². The zero-order valence-electron chi connectivity index (χ0n) is 16.6. The van der Waals surface area contributed by atoms with Crippen LogP contribution >= 0.6 is 0 Å². The predicted octanol–water partition coefficient (Wildman–Crippen LogP) is 3.18. The summed E-state index contributed by atoms with van der Waals surface area (Å²) >= 11 is 0. The third kappa shape index (κ3) is 3.85. The highest BCUT2D eigenvalue weighted by Crippen LogP contribution is 2.41. The molecule has 0 saturated heterocycles. The summed E-state index contributed by atoms with van der Waals surface area (Å²) in [7, 11) is 3.30. The molecule has 1 aliphatic carbocycles. The summed E-state index contributed by atoms with van der Waals surface area (Å²) in [6.45, 7) is 2.03.